The van der Waals surface area contributed by atoms with Gasteiger partial charge in [-0.25, -0.2) is 24.6 Å². The Bertz CT molecular complexity index is 5320. The number of ether oxygens (including phenoxy) is 1. The van der Waals surface area contributed by atoms with E-state index in [9.17, 15) is 9.59 Å². The lowest BCUT2D eigenvalue weighted by Gasteiger charge is -2.29. The third kappa shape index (κ3) is 11.3. The van der Waals surface area contributed by atoms with Crippen LogP contribution in [0.5, 0.6) is 0 Å². The number of aryl methyl sites for hydroxylation is 1. The second kappa shape index (κ2) is 24.8. The fourth-order valence-electron chi connectivity index (χ4n) is 12.7. The molecule has 1 fully saturated rings. The first-order chi connectivity index (χ1) is 46.8. The first kappa shape index (κ1) is 57.5. The molecule has 9 aromatic heterocycles. The monoisotopic (exact) mass is 1250 g/mol. The Hall–Kier alpha value is -12.7. The molecule has 20 nitrogen and oxygen atoms in total. The van der Waals surface area contributed by atoms with Crippen molar-refractivity contribution >= 4 is 79.5 Å². The number of nitrogens with zero attached hydrogens (tertiary/aromatic N) is 12. The van der Waals surface area contributed by atoms with E-state index in [0.717, 1.165) is 145 Å². The molecule has 464 valence electrons. The lowest BCUT2D eigenvalue weighted by atomic mass is 10.0. The van der Waals surface area contributed by atoms with Crippen molar-refractivity contribution in [1.82, 2.24) is 63.1 Å². The van der Waals surface area contributed by atoms with Gasteiger partial charge in [-0.3, -0.25) is 27.8 Å². The molecule has 1 saturated heterocycles. The molecule has 0 aliphatic carbocycles. The highest BCUT2D eigenvalue weighted by atomic mass is 16.5. The van der Waals surface area contributed by atoms with Gasteiger partial charge in [0.25, 0.3) is 11.8 Å². The lowest BCUT2D eigenvalue weighted by Crippen LogP contribution is -2.36. The van der Waals surface area contributed by atoms with Gasteiger partial charge in [0.2, 0.25) is 0 Å². The number of fused-ring (bicyclic) bond motifs is 6. The molecular formula is C75H61N17O3. The highest BCUT2D eigenvalue weighted by Crippen LogP contribution is 2.36. The molecule has 3 aliphatic heterocycles. The molecule has 0 radical (unpaired) electrons. The fraction of sp³-hybridized carbons (Fsp3) is 0.0933. The van der Waals surface area contributed by atoms with Gasteiger partial charge in [-0.1, -0.05) is 42.5 Å². The Morgan fingerprint density at radius 2 is 0.989 bits per heavy atom. The van der Waals surface area contributed by atoms with Crippen LogP contribution in [0, 0.1) is 0 Å². The zero-order valence-corrected chi connectivity index (χ0v) is 51.5. The number of hydrogen-bond donors (Lipinski definition) is 5. The van der Waals surface area contributed by atoms with Crippen molar-refractivity contribution in [3.63, 3.8) is 0 Å². The van der Waals surface area contributed by atoms with Crippen molar-refractivity contribution in [2.45, 2.75) is 13.1 Å². The Morgan fingerprint density at radius 3 is 1.53 bits per heavy atom. The smallest absolute Gasteiger partial charge is 0.251 e. The van der Waals surface area contributed by atoms with Crippen molar-refractivity contribution in [3.8, 4) is 50.6 Å². The third-order valence-electron chi connectivity index (χ3n) is 17.5. The number of benzene rings is 6. The van der Waals surface area contributed by atoms with Crippen LogP contribution in [0.3, 0.4) is 0 Å². The average molecular weight is 1250 g/mol. The van der Waals surface area contributed by atoms with Crippen LogP contribution in [0.15, 0.2) is 250 Å². The van der Waals surface area contributed by atoms with Crippen molar-refractivity contribution in [1.29, 1.82) is 0 Å². The fourth-order valence-corrected chi connectivity index (χ4v) is 12.7. The molecule has 0 atom stereocenters. The topological polar surface area (TPSA) is 207 Å². The third-order valence-corrected chi connectivity index (χ3v) is 17.5. The minimum atomic E-state index is -0.0105. The zero-order valence-electron chi connectivity index (χ0n) is 51.5. The summed E-state index contributed by atoms with van der Waals surface area (Å²) in [7, 11) is 2.08. The summed E-state index contributed by atoms with van der Waals surface area (Å²) in [6.07, 6.45) is 20.3. The van der Waals surface area contributed by atoms with Gasteiger partial charge in [-0.15, -0.1) is 0 Å². The van der Waals surface area contributed by atoms with Gasteiger partial charge in [0.1, 0.15) is 12.7 Å². The van der Waals surface area contributed by atoms with Crippen molar-refractivity contribution in [2.75, 3.05) is 47.2 Å². The van der Waals surface area contributed by atoms with Gasteiger partial charge in [0.15, 0.2) is 16.9 Å². The Morgan fingerprint density at radius 1 is 0.463 bits per heavy atom. The number of carbonyl (C=O) groups excluding carboxylic acids is 2. The van der Waals surface area contributed by atoms with Crippen LogP contribution in [0.2, 0.25) is 0 Å². The molecule has 6 aromatic carbocycles. The second-order valence-corrected chi connectivity index (χ2v) is 23.3. The maximum atomic E-state index is 11.9. The van der Waals surface area contributed by atoms with Crippen LogP contribution in [0.4, 0.5) is 39.8 Å². The van der Waals surface area contributed by atoms with E-state index < -0.39 is 0 Å². The summed E-state index contributed by atoms with van der Waals surface area (Å²) < 4.78 is 15.6. The van der Waals surface area contributed by atoms with Gasteiger partial charge in [0.05, 0.1) is 53.0 Å². The van der Waals surface area contributed by atoms with Crippen LogP contribution in [0.1, 0.15) is 31.8 Å². The molecule has 5 N–H and O–H groups in total. The van der Waals surface area contributed by atoms with Crippen molar-refractivity contribution < 1.29 is 14.3 Å². The number of nitrogens with one attached hydrogen (secondary N) is 5. The molecule has 20 heteroatoms. The molecular weight excluding hydrogens is 1190 g/mol. The van der Waals surface area contributed by atoms with Gasteiger partial charge >= 0.3 is 0 Å². The number of hydrogen-bond acceptors (Lipinski definition) is 13. The van der Waals surface area contributed by atoms with Crippen molar-refractivity contribution in [2.24, 2.45) is 7.05 Å². The van der Waals surface area contributed by atoms with E-state index >= 15 is 0 Å². The van der Waals surface area contributed by atoms with Crippen LogP contribution < -0.4 is 31.5 Å². The number of carbonyl (C=O) groups is 2. The first-order valence-electron chi connectivity index (χ1n) is 31.3. The van der Waals surface area contributed by atoms with E-state index in [1.54, 1.807) is 29.6 Å². The highest BCUT2D eigenvalue weighted by Gasteiger charge is 2.22. The van der Waals surface area contributed by atoms with Crippen LogP contribution in [0.25, 0.3) is 78.4 Å². The zero-order chi connectivity index (χ0) is 63.8. The summed E-state index contributed by atoms with van der Waals surface area (Å²) in [4.78, 5) is 48.0. The van der Waals surface area contributed by atoms with Crippen LogP contribution >= 0.6 is 0 Å². The molecule has 0 unspecified atom stereocenters. The van der Waals surface area contributed by atoms with Gasteiger partial charge in [-0.2, -0.15) is 5.10 Å². The standard InChI is InChI=1S/C26H25N5O.C26H19N5O.C23H17N7O/c1-29-13-11-22-21(3-2-4-24(22)29)25-10-9-23(26-27-12-14-31(25)26)28-19-5-7-20(8-6-19)30-15-17-32-18-16-30;32-26-22-8-5-18(14-20(22)16-29-26)24-10-9-23(25-28-12-13-31(24)25)30-21-6-3-17(4-7-21)19-2-1-11-27-15-19;31-23-19-6-1-15(11-16(19)12-26-23)21-8-7-20(22-25-9-10-29(21)22)28-17-2-4-18(5-3-17)30-14-24-13-27-30/h2-14,28H,15-18H2,1H3;1-15,30H,16H2,(H,29,32);1-11,13-14,28H,12H2,(H,26,31). The number of morpholine rings is 1. The number of rotatable bonds is 12. The maximum absolute atomic E-state index is 11.9. The number of pyridine rings is 4. The molecule has 2 amide bonds. The minimum absolute atomic E-state index is 0.00609. The average Bonchev–Trinajstić information content (AvgIpc) is 1.70. The highest BCUT2D eigenvalue weighted by molar-refractivity contribution is 6.00. The molecule has 95 heavy (non-hydrogen) atoms. The summed E-state index contributed by atoms with van der Waals surface area (Å²) in [5, 5.41) is 21.6. The second-order valence-electron chi connectivity index (χ2n) is 23.3. The Balaban J connectivity index is 0.000000112. The molecule has 12 heterocycles. The largest absolute Gasteiger partial charge is 0.378 e. The van der Waals surface area contributed by atoms with Gasteiger partial charge < -0.3 is 40.8 Å². The van der Waals surface area contributed by atoms with Crippen LogP contribution in [-0.4, -0.2) is 90.6 Å². The van der Waals surface area contributed by atoms with Gasteiger partial charge in [0, 0.05) is 139 Å². The molecule has 15 aromatic rings. The summed E-state index contributed by atoms with van der Waals surface area (Å²) in [6.45, 7) is 4.61. The predicted molar refractivity (Wildman–Crippen MR) is 371 cm³/mol. The number of aromatic nitrogens is 11. The summed E-state index contributed by atoms with van der Waals surface area (Å²) in [5.74, 6) is -0.0165. The molecule has 3 aliphatic rings. The van der Waals surface area contributed by atoms with Gasteiger partial charge in [-0.05, 0) is 173 Å². The molecule has 0 spiro atoms. The summed E-state index contributed by atoms with van der Waals surface area (Å²) in [5.41, 5.74) is 24.0. The van der Waals surface area contributed by atoms with E-state index in [2.05, 4.69) is 202 Å². The van der Waals surface area contributed by atoms with E-state index in [4.69, 9.17) is 4.74 Å². The molecule has 0 bridgehead atoms. The number of anilines is 7. The summed E-state index contributed by atoms with van der Waals surface area (Å²) >= 11 is 0. The Labute approximate surface area is 544 Å². The van der Waals surface area contributed by atoms with E-state index in [0.29, 0.717) is 13.1 Å². The SMILES string of the molecule is Cn1ccc2c(-c3ccc(Nc4ccc(N5CCOCC5)cc4)c4nccn34)cccc21.O=C1NCc2cc(-c3ccc(Nc4ccc(-c5cccnc5)cc4)c4nccn34)ccc21.O=C1NCc2cc(-c3ccc(Nc4ccc(-n5cncn5)cc4)c4nccn34)ccc21. The molecule has 18 rings (SSSR count). The first-order valence-corrected chi connectivity index (χ1v) is 31.3. The van der Waals surface area contributed by atoms with E-state index in [1.165, 1.54) is 28.5 Å². The summed E-state index contributed by atoms with van der Waals surface area (Å²) in [6, 6.07) is 61.8. The Kier molecular flexibility index (Phi) is 15.0. The number of imidazole rings is 3. The van der Waals surface area contributed by atoms with E-state index in [-0.39, 0.29) is 11.8 Å². The quantitative estimate of drug-likeness (QED) is 0.0773. The minimum Gasteiger partial charge on any atom is -0.378 e. The van der Waals surface area contributed by atoms with Crippen molar-refractivity contribution in [3.05, 3.63) is 273 Å². The normalized spacial score (nSPS) is 13.2. The van der Waals surface area contributed by atoms with Crippen LogP contribution in [-0.2, 0) is 24.9 Å². The predicted octanol–water partition coefficient (Wildman–Crippen LogP) is 13.7. The lowest BCUT2D eigenvalue weighted by molar-refractivity contribution is 0.0957. The number of amides is 2. The van der Waals surface area contributed by atoms with E-state index in [1.807, 2.05) is 104 Å². The molecule has 0 saturated carbocycles. The maximum Gasteiger partial charge on any atom is 0.251 e.